The molecule has 1 fully saturated rings. The van der Waals surface area contributed by atoms with Crippen molar-refractivity contribution in [2.45, 2.75) is 26.8 Å². The fraction of sp³-hybridized carbons (Fsp3) is 0.333. The third-order valence-corrected chi connectivity index (χ3v) is 5.79. The number of rotatable bonds is 7. The Morgan fingerprint density at radius 1 is 1.19 bits per heavy atom. The van der Waals surface area contributed by atoms with Gasteiger partial charge >= 0.3 is 0 Å². The van der Waals surface area contributed by atoms with Crippen LogP contribution in [0.5, 0.6) is 11.5 Å². The Hall–Kier alpha value is -3.27. The lowest BCUT2D eigenvalue weighted by atomic mass is 10.2. The van der Waals surface area contributed by atoms with E-state index in [1.165, 1.54) is 0 Å². The number of nitrogens with one attached hydrogen (secondary N) is 1. The first-order valence-corrected chi connectivity index (χ1v) is 10.6. The number of carbonyl (C=O) groups is 3. The second kappa shape index (κ2) is 8.84. The van der Waals surface area contributed by atoms with Crippen LogP contribution < -0.4 is 14.8 Å². The van der Waals surface area contributed by atoms with Gasteiger partial charge in [-0.05, 0) is 55.4 Å². The minimum absolute atomic E-state index is 0.120. The van der Waals surface area contributed by atoms with Gasteiger partial charge in [-0.15, -0.1) is 0 Å². The SMILES string of the molecule is Cc1cc(C)n(CCC(=O)NCCN2C(=O)S/C(=C\c3ccc4c(c3)OCO4)C2=O)n1. The zero-order valence-electron chi connectivity index (χ0n) is 17.2. The van der Waals surface area contributed by atoms with Crippen molar-refractivity contribution >= 4 is 34.9 Å². The second-order valence-corrected chi connectivity index (χ2v) is 8.19. The third kappa shape index (κ3) is 4.74. The van der Waals surface area contributed by atoms with Crippen molar-refractivity contribution in [3.63, 3.8) is 0 Å². The number of ether oxygens (including phenoxy) is 2. The fourth-order valence-electron chi connectivity index (χ4n) is 3.35. The number of aryl methyl sites for hydroxylation is 3. The minimum Gasteiger partial charge on any atom is -0.454 e. The molecule has 0 aliphatic carbocycles. The van der Waals surface area contributed by atoms with Gasteiger partial charge in [-0.1, -0.05) is 6.07 Å². The molecule has 0 saturated carbocycles. The number of nitrogens with zero attached hydrogens (tertiary/aromatic N) is 3. The maximum absolute atomic E-state index is 12.6. The van der Waals surface area contributed by atoms with E-state index in [1.807, 2.05) is 19.9 Å². The topological polar surface area (TPSA) is 103 Å². The maximum Gasteiger partial charge on any atom is 0.293 e. The number of amides is 3. The quantitative estimate of drug-likeness (QED) is 0.657. The van der Waals surface area contributed by atoms with Gasteiger partial charge in [-0.25, -0.2) is 0 Å². The predicted octanol–water partition coefficient (Wildman–Crippen LogP) is 2.47. The highest BCUT2D eigenvalue weighted by Crippen LogP contribution is 2.36. The molecular weight excluding hydrogens is 420 g/mol. The number of benzene rings is 1. The van der Waals surface area contributed by atoms with Gasteiger partial charge in [0.2, 0.25) is 12.7 Å². The summed E-state index contributed by atoms with van der Waals surface area (Å²) < 4.78 is 12.4. The summed E-state index contributed by atoms with van der Waals surface area (Å²) >= 11 is 0.882. The van der Waals surface area contributed by atoms with Crippen LogP contribution in [0.4, 0.5) is 4.79 Å². The lowest BCUT2D eigenvalue weighted by molar-refractivity contribution is -0.124. The summed E-state index contributed by atoms with van der Waals surface area (Å²) in [7, 11) is 0. The smallest absolute Gasteiger partial charge is 0.293 e. The minimum atomic E-state index is -0.371. The number of aromatic nitrogens is 2. The molecule has 3 heterocycles. The number of hydrogen-bond acceptors (Lipinski definition) is 7. The molecule has 0 atom stereocenters. The van der Waals surface area contributed by atoms with E-state index in [-0.39, 0.29) is 43.4 Å². The highest BCUT2D eigenvalue weighted by atomic mass is 32.2. The van der Waals surface area contributed by atoms with Gasteiger partial charge in [-0.2, -0.15) is 5.10 Å². The number of hydrogen-bond donors (Lipinski definition) is 1. The fourth-order valence-corrected chi connectivity index (χ4v) is 4.22. The van der Waals surface area contributed by atoms with Crippen LogP contribution in [-0.2, 0) is 16.1 Å². The van der Waals surface area contributed by atoms with Crippen molar-refractivity contribution in [1.29, 1.82) is 0 Å². The molecule has 0 bridgehead atoms. The highest BCUT2D eigenvalue weighted by Gasteiger charge is 2.34. The lowest BCUT2D eigenvalue weighted by Gasteiger charge is -2.13. The number of fused-ring (bicyclic) bond motifs is 1. The molecule has 3 amide bonds. The molecule has 4 rings (SSSR count). The molecule has 2 aromatic rings. The number of thioether (sulfide) groups is 1. The van der Waals surface area contributed by atoms with Crippen molar-refractivity contribution in [2.24, 2.45) is 0 Å². The summed E-state index contributed by atoms with van der Waals surface area (Å²) in [6.07, 6.45) is 1.92. The molecule has 2 aliphatic rings. The van der Waals surface area contributed by atoms with E-state index in [1.54, 1.807) is 29.0 Å². The molecule has 0 unspecified atom stereocenters. The summed E-state index contributed by atoms with van der Waals surface area (Å²) in [5.74, 6) is 0.731. The number of imide groups is 1. The maximum atomic E-state index is 12.6. The first kappa shape index (κ1) is 21.0. The zero-order chi connectivity index (χ0) is 22.0. The molecule has 0 radical (unpaired) electrons. The van der Waals surface area contributed by atoms with E-state index in [0.717, 1.165) is 33.6 Å². The van der Waals surface area contributed by atoms with Crippen LogP contribution in [0.1, 0.15) is 23.4 Å². The van der Waals surface area contributed by atoms with Gasteiger partial charge in [0.05, 0.1) is 10.6 Å². The Balaban J connectivity index is 1.28. The van der Waals surface area contributed by atoms with Gasteiger partial charge in [0.25, 0.3) is 11.1 Å². The summed E-state index contributed by atoms with van der Waals surface area (Å²) in [6.45, 7) is 4.81. The Bertz CT molecular complexity index is 1080. The van der Waals surface area contributed by atoms with E-state index < -0.39 is 0 Å². The van der Waals surface area contributed by atoms with E-state index in [0.29, 0.717) is 22.9 Å². The van der Waals surface area contributed by atoms with Crippen LogP contribution in [0.25, 0.3) is 6.08 Å². The Morgan fingerprint density at radius 3 is 2.77 bits per heavy atom. The Kier molecular flexibility index (Phi) is 5.99. The third-order valence-electron chi connectivity index (χ3n) is 4.88. The molecule has 1 aromatic carbocycles. The van der Waals surface area contributed by atoms with Crippen LogP contribution >= 0.6 is 11.8 Å². The van der Waals surface area contributed by atoms with E-state index in [2.05, 4.69) is 10.4 Å². The van der Waals surface area contributed by atoms with Crippen molar-refractivity contribution in [3.05, 3.63) is 46.1 Å². The van der Waals surface area contributed by atoms with Gasteiger partial charge < -0.3 is 14.8 Å². The highest BCUT2D eigenvalue weighted by molar-refractivity contribution is 8.18. The molecule has 31 heavy (non-hydrogen) atoms. The van der Waals surface area contributed by atoms with Crippen molar-refractivity contribution < 1.29 is 23.9 Å². The molecule has 2 aliphatic heterocycles. The molecule has 0 spiro atoms. The van der Waals surface area contributed by atoms with Crippen molar-refractivity contribution in [3.8, 4) is 11.5 Å². The average molecular weight is 442 g/mol. The van der Waals surface area contributed by atoms with Gasteiger partial charge in [0.15, 0.2) is 11.5 Å². The summed E-state index contributed by atoms with van der Waals surface area (Å²) in [6, 6.07) is 7.28. The van der Waals surface area contributed by atoms with E-state index >= 15 is 0 Å². The van der Waals surface area contributed by atoms with Gasteiger partial charge in [0.1, 0.15) is 0 Å². The van der Waals surface area contributed by atoms with E-state index in [4.69, 9.17) is 9.47 Å². The lowest BCUT2D eigenvalue weighted by Crippen LogP contribution is -2.37. The van der Waals surface area contributed by atoms with E-state index in [9.17, 15) is 14.4 Å². The first-order chi connectivity index (χ1) is 14.9. The molecule has 10 heteroatoms. The molecule has 1 N–H and O–H groups in total. The average Bonchev–Trinajstić information content (AvgIpc) is 3.39. The second-order valence-electron chi connectivity index (χ2n) is 7.20. The van der Waals surface area contributed by atoms with Crippen LogP contribution in [0, 0.1) is 13.8 Å². The zero-order valence-corrected chi connectivity index (χ0v) is 18.0. The summed E-state index contributed by atoms with van der Waals surface area (Å²) in [5.41, 5.74) is 2.65. The molecule has 9 nitrogen and oxygen atoms in total. The van der Waals surface area contributed by atoms with Crippen LogP contribution in [0.2, 0.25) is 0 Å². The summed E-state index contributed by atoms with van der Waals surface area (Å²) in [4.78, 5) is 38.4. The molecule has 1 aromatic heterocycles. The largest absolute Gasteiger partial charge is 0.454 e. The van der Waals surface area contributed by atoms with Crippen LogP contribution in [0.15, 0.2) is 29.2 Å². The van der Waals surface area contributed by atoms with Crippen molar-refractivity contribution in [1.82, 2.24) is 20.0 Å². The molecule has 162 valence electrons. The van der Waals surface area contributed by atoms with Crippen molar-refractivity contribution in [2.75, 3.05) is 19.9 Å². The van der Waals surface area contributed by atoms with Crippen LogP contribution in [-0.4, -0.2) is 51.6 Å². The normalized spacial score (nSPS) is 16.5. The standard InChI is InChI=1S/C21H22N4O5S/c1-13-9-14(2)25(23-13)7-5-19(26)22-6-8-24-20(27)18(31-21(24)28)11-15-3-4-16-17(10-15)30-12-29-16/h3-4,9-11H,5-8,12H2,1-2H3,(H,22,26)/b18-11-. The Morgan fingerprint density at radius 2 is 2.00 bits per heavy atom. The molecular formula is C21H22N4O5S. The van der Waals surface area contributed by atoms with Gasteiger partial charge in [-0.3, -0.25) is 24.0 Å². The number of carbonyl (C=O) groups excluding carboxylic acids is 3. The Labute approximate surface area is 183 Å². The van der Waals surface area contributed by atoms with Crippen LogP contribution in [0.3, 0.4) is 0 Å². The monoisotopic (exact) mass is 442 g/mol. The molecule has 1 saturated heterocycles. The van der Waals surface area contributed by atoms with Gasteiger partial charge in [0, 0.05) is 31.7 Å². The predicted molar refractivity (Wildman–Crippen MR) is 115 cm³/mol. The first-order valence-electron chi connectivity index (χ1n) is 9.83. The summed E-state index contributed by atoms with van der Waals surface area (Å²) in [5, 5.41) is 6.72.